The van der Waals surface area contributed by atoms with Crippen LogP contribution in [-0.2, 0) is 50.3 Å². The standard InChI is InChI=1S/C20H18N2O.C20H17N2O.3C12H10N.CHF3O3S.2CH4O.2Ir/c2*1-12(2)17-11-22-18(10-13(17)3)16-7-4-6-14-15-8-5-9-21-20(15)23-19(14)16;3*1-10-7-8-12(13-9-10)11-5-3-2-4-6-11;2-1(3,4)8(5,6)7;2*1-2;;/h4-12H,1-3H3;4-6,8-12H,1-3H3;3*2-5,7-9H,1H3;(H,5,6,7);2*2H,1H3;;/q;4*-1;;;;;/i1D3,12D;1D3,3D3,12D;2*1D3;;;;;;. The number of pyridine rings is 7. The first-order chi connectivity index (χ1) is 53.4. The summed E-state index contributed by atoms with van der Waals surface area (Å²) in [6.07, 6.45) is 10.6. The maximum atomic E-state index is 10.7. The molecule has 99 heavy (non-hydrogen) atoms. The van der Waals surface area contributed by atoms with Gasteiger partial charge in [0.15, 0.2) is 0 Å². The number of benzene rings is 5. The molecule has 2 unspecified atom stereocenters. The minimum Gasteiger partial charge on any atom is -0.486 e. The van der Waals surface area contributed by atoms with Crippen molar-refractivity contribution in [1.82, 2.24) is 34.9 Å². The number of halogens is 3. The molecule has 9 aromatic heterocycles. The van der Waals surface area contributed by atoms with Gasteiger partial charge >= 0.3 is 15.6 Å². The van der Waals surface area contributed by atoms with E-state index in [9.17, 15) is 13.2 Å². The fourth-order valence-corrected chi connectivity index (χ4v) is 8.98. The number of hydrogen-bond donors (Lipinski definition) is 3. The van der Waals surface area contributed by atoms with Crippen LogP contribution in [0.2, 0.25) is 0 Å². The van der Waals surface area contributed by atoms with E-state index in [2.05, 4.69) is 65.2 Å². The minimum absolute atomic E-state index is 0. The average molecular weight is 1720 g/mol. The predicted molar refractivity (Wildman–Crippen MR) is 380 cm³/mol. The van der Waals surface area contributed by atoms with Crippen LogP contribution < -0.4 is 0 Å². The van der Waals surface area contributed by atoms with Crippen molar-refractivity contribution in [3.05, 3.63) is 283 Å². The molecule has 2 radical (unpaired) electrons. The number of hydrogen-bond acceptors (Lipinski definition) is 13. The van der Waals surface area contributed by atoms with E-state index in [-0.39, 0.29) is 68.2 Å². The van der Waals surface area contributed by atoms with Gasteiger partial charge in [0.05, 0.1) is 11.3 Å². The third-order valence-electron chi connectivity index (χ3n) is 13.5. The Bertz CT molecular complexity index is 5510. The summed E-state index contributed by atoms with van der Waals surface area (Å²) >= 11 is 0. The van der Waals surface area contributed by atoms with E-state index in [0.29, 0.717) is 45.0 Å². The Morgan fingerprint density at radius 1 is 0.465 bits per heavy atom. The number of furan rings is 2. The molecule has 2 atom stereocenters. The van der Waals surface area contributed by atoms with Gasteiger partial charge in [0.1, 0.15) is 5.58 Å². The van der Waals surface area contributed by atoms with Crippen LogP contribution in [0.15, 0.2) is 228 Å². The van der Waals surface area contributed by atoms with E-state index >= 15 is 0 Å². The van der Waals surface area contributed by atoms with E-state index in [1.54, 1.807) is 67.8 Å². The molecule has 20 heteroatoms. The molecule has 0 aliphatic heterocycles. The second kappa shape index (κ2) is 38.7. The van der Waals surface area contributed by atoms with Crippen molar-refractivity contribution >= 4 is 54.3 Å². The number of rotatable bonds is 7. The zero-order chi connectivity index (χ0) is 84.6. The number of fused-ring (bicyclic) bond motifs is 6. The van der Waals surface area contributed by atoms with Gasteiger partial charge in [-0.25, -0.2) is 9.97 Å². The molecule has 516 valence electrons. The fraction of sp³-hybridized carbons (Fsp3) is 0.177. The maximum Gasteiger partial charge on any atom is 0.522 e. The first-order valence-electron chi connectivity index (χ1n) is 37.5. The van der Waals surface area contributed by atoms with Gasteiger partial charge in [0.25, 0.3) is 0 Å². The zero-order valence-electron chi connectivity index (χ0n) is 70.6. The minimum atomic E-state index is -5.84. The molecule has 0 saturated carbocycles. The van der Waals surface area contributed by atoms with Gasteiger partial charge in [-0.1, -0.05) is 98.7 Å². The Labute approximate surface area is 627 Å². The van der Waals surface area contributed by atoms with Crippen LogP contribution in [0.1, 0.15) is 102 Å². The Morgan fingerprint density at radius 2 is 0.889 bits per heavy atom. The molecule has 0 amide bonds. The summed E-state index contributed by atoms with van der Waals surface area (Å²) in [5, 5.41) is 17.5. The summed E-state index contributed by atoms with van der Waals surface area (Å²) in [4.78, 5) is 29.8. The van der Waals surface area contributed by atoms with E-state index < -0.39 is 61.7 Å². The van der Waals surface area contributed by atoms with Crippen molar-refractivity contribution in [2.75, 3.05) is 14.2 Å². The monoisotopic (exact) mass is 1720 g/mol. The van der Waals surface area contributed by atoms with Crippen molar-refractivity contribution in [3.63, 3.8) is 0 Å². The van der Waals surface area contributed by atoms with E-state index in [0.717, 1.165) is 81.3 Å². The first-order valence-corrected chi connectivity index (χ1v) is 30.4. The largest absolute Gasteiger partial charge is 0.522 e. The summed E-state index contributed by atoms with van der Waals surface area (Å²) in [5.74, 6) is -3.86. The summed E-state index contributed by atoms with van der Waals surface area (Å²) in [7, 11) is -3.84. The van der Waals surface area contributed by atoms with E-state index in [1.165, 1.54) is 44.1 Å². The van der Waals surface area contributed by atoms with Gasteiger partial charge < -0.3 is 39.0 Å². The summed E-state index contributed by atoms with van der Waals surface area (Å²) in [6, 6.07) is 65.6. The first kappa shape index (κ1) is 57.6. The molecule has 0 aliphatic carbocycles. The molecule has 5 aromatic carbocycles. The molecular formula is C79H74F3Ir2N7O7S-4. The number of nitrogens with zero attached hydrogens (tertiary/aromatic N) is 7. The molecule has 0 bridgehead atoms. The Morgan fingerprint density at radius 3 is 1.30 bits per heavy atom. The van der Waals surface area contributed by atoms with Crippen LogP contribution in [-0.4, -0.2) is 77.8 Å². The Kier molecular flexibility index (Phi) is 22.5. The average Bonchev–Trinajstić information content (AvgIpc) is 1.36. The quantitative estimate of drug-likeness (QED) is 0.0770. The molecule has 14 aromatic rings. The van der Waals surface area contributed by atoms with Crippen LogP contribution in [0, 0.1) is 58.7 Å². The topological polar surface area (TPSA) is 211 Å². The summed E-state index contributed by atoms with van der Waals surface area (Å²) < 4.78 is 199. The normalized spacial score (nSPS) is 14.9. The SMILES string of the molecule is CO.CO.Cc1ccc(-c2[c-]cccc2)nc1.O=S(=O)(O)C(F)(F)F.[2H]C([2H])([2H])C([2H])(C)c1cnc(-c2cccc3c2oc2ncccc23)cc1C.[2H]C([2H])([2H])c1cc(-c2[c-]ccc3c2oc2ncccc23)ncc1C([2H])(C)C([2H])([2H])[2H].[2H]C([2H])([2H])c1ccc(-c2[c-]cccc2)nc1.[2H]C([2H])([2H])c1ccc(-c2[c-]cccc2)nc1.[Ir].[Ir]. The number of aliphatic hydroxyl groups is 2. The zero-order valence-corrected chi connectivity index (χ0v) is 59.2. The maximum absolute atomic E-state index is 10.7. The van der Waals surface area contributed by atoms with Crippen molar-refractivity contribution in [2.24, 2.45) is 0 Å². The number of para-hydroxylation sites is 1. The Hall–Kier alpha value is -9.33. The fourth-order valence-electron chi connectivity index (χ4n) is 8.98. The number of alkyl halides is 3. The molecule has 0 fully saturated rings. The van der Waals surface area contributed by atoms with Crippen LogP contribution in [0.5, 0.6) is 0 Å². The van der Waals surface area contributed by atoms with Crippen LogP contribution in [0.25, 0.3) is 100 Å². The van der Waals surface area contributed by atoms with Crippen molar-refractivity contribution in [3.8, 4) is 56.3 Å². The van der Waals surface area contributed by atoms with Gasteiger partial charge in [-0.2, -0.15) is 21.6 Å². The molecule has 0 spiro atoms. The molecule has 9 heterocycles. The molecule has 14 rings (SSSR count). The van der Waals surface area contributed by atoms with Crippen LogP contribution in [0.3, 0.4) is 0 Å². The number of aromatic nitrogens is 7. The van der Waals surface area contributed by atoms with Gasteiger partial charge in [0.2, 0.25) is 11.4 Å². The second-order valence-corrected chi connectivity index (χ2v) is 21.7. The van der Waals surface area contributed by atoms with Crippen LogP contribution in [0.4, 0.5) is 13.2 Å². The van der Waals surface area contributed by atoms with E-state index in [4.69, 9.17) is 55.3 Å². The predicted octanol–water partition coefficient (Wildman–Crippen LogP) is 18.9. The third-order valence-corrected chi connectivity index (χ3v) is 14.1. The number of aryl methyl sites for hydroxylation is 5. The van der Waals surface area contributed by atoms with Gasteiger partial charge in [-0.05, 0) is 139 Å². The molecule has 0 aliphatic rings. The van der Waals surface area contributed by atoms with Gasteiger partial charge in [-0.3, -0.25) is 9.54 Å². The summed E-state index contributed by atoms with van der Waals surface area (Å²) in [5.41, 5.74) is 6.37. The molecular weight excluding hydrogens is 1630 g/mol. The Balaban J connectivity index is 0.000000256. The summed E-state index contributed by atoms with van der Waals surface area (Å²) in [6.45, 7) is -5.58. The van der Waals surface area contributed by atoms with Crippen molar-refractivity contribution < 1.29 is 109 Å². The number of aliphatic hydroxyl groups excluding tert-OH is 2. The van der Waals surface area contributed by atoms with Crippen LogP contribution >= 0.6 is 0 Å². The molecule has 14 nitrogen and oxygen atoms in total. The molecule has 3 N–H and O–H groups in total. The van der Waals surface area contributed by atoms with E-state index in [1.807, 2.05) is 128 Å². The smallest absolute Gasteiger partial charge is 0.486 e. The van der Waals surface area contributed by atoms with Crippen molar-refractivity contribution in [2.45, 2.75) is 79.3 Å². The van der Waals surface area contributed by atoms with Gasteiger partial charge in [0, 0.05) is 143 Å². The van der Waals surface area contributed by atoms with Gasteiger partial charge in [-0.15, -0.1) is 126 Å². The molecule has 0 saturated heterocycles. The van der Waals surface area contributed by atoms with Crippen molar-refractivity contribution in [1.29, 1.82) is 0 Å². The second-order valence-electron chi connectivity index (χ2n) is 20.3. The third kappa shape index (κ3) is 22.1.